The maximum atomic E-state index is 9.87. The first-order valence-electron chi connectivity index (χ1n) is 9.99. The minimum absolute atomic E-state index is 0.0214. The van der Waals surface area contributed by atoms with Gasteiger partial charge in [-0.1, -0.05) is 84.0 Å². The molecule has 2 rings (SSSR count). The van der Waals surface area contributed by atoms with Crippen molar-refractivity contribution in [3.8, 4) is 0 Å². The average Bonchev–Trinajstić information content (AvgIpc) is 2.49. The van der Waals surface area contributed by atoms with E-state index in [1.165, 1.54) is 83.5 Å². The first-order valence-corrected chi connectivity index (χ1v) is 9.99. The lowest BCUT2D eigenvalue weighted by Crippen LogP contribution is -2.35. The third-order valence-corrected chi connectivity index (χ3v) is 6.20. The van der Waals surface area contributed by atoms with Gasteiger partial charge >= 0.3 is 0 Å². The molecular formula is C20H38O. The Balaban J connectivity index is 1.55. The molecule has 1 heteroatoms. The lowest BCUT2D eigenvalue weighted by Gasteiger charge is -2.43. The van der Waals surface area contributed by atoms with Crippen LogP contribution in [-0.4, -0.2) is 11.2 Å². The fourth-order valence-electron chi connectivity index (χ4n) is 4.97. The molecule has 2 aliphatic rings. The molecule has 2 saturated carbocycles. The van der Waals surface area contributed by atoms with Crippen LogP contribution in [0.2, 0.25) is 0 Å². The van der Waals surface area contributed by atoms with Crippen LogP contribution in [0.25, 0.3) is 0 Å². The van der Waals surface area contributed by atoms with E-state index < -0.39 is 0 Å². The molecule has 0 saturated heterocycles. The fourth-order valence-corrected chi connectivity index (χ4v) is 4.97. The molecule has 0 bridgehead atoms. The van der Waals surface area contributed by atoms with Crippen molar-refractivity contribution in [1.82, 2.24) is 0 Å². The minimum atomic E-state index is 0.0214. The Bertz CT molecular complexity index is 263. The first kappa shape index (κ1) is 17.3. The standard InChI is InChI=1S/C20H38O/c1-2-3-4-5-6-7-8-9-11-17-12-10-13-18-16-19(21)14-15-20(17)18/h17-21H,2-16H2,1H3. The van der Waals surface area contributed by atoms with Crippen molar-refractivity contribution in [2.24, 2.45) is 17.8 Å². The molecule has 0 aromatic heterocycles. The van der Waals surface area contributed by atoms with Gasteiger partial charge in [0.05, 0.1) is 6.10 Å². The summed E-state index contributed by atoms with van der Waals surface area (Å²) in [6, 6.07) is 0. The normalized spacial score (nSPS) is 32.9. The predicted molar refractivity (Wildman–Crippen MR) is 91.4 cm³/mol. The molecule has 0 aromatic rings. The van der Waals surface area contributed by atoms with Gasteiger partial charge in [-0.3, -0.25) is 0 Å². The summed E-state index contributed by atoms with van der Waals surface area (Å²) >= 11 is 0. The van der Waals surface area contributed by atoms with E-state index in [4.69, 9.17) is 0 Å². The van der Waals surface area contributed by atoms with E-state index in [0.717, 1.165) is 30.6 Å². The topological polar surface area (TPSA) is 20.2 Å². The second kappa shape index (κ2) is 9.87. The number of aliphatic hydroxyl groups is 1. The van der Waals surface area contributed by atoms with E-state index in [1.807, 2.05) is 0 Å². The van der Waals surface area contributed by atoms with Crippen LogP contribution < -0.4 is 0 Å². The molecule has 2 aliphatic carbocycles. The summed E-state index contributed by atoms with van der Waals surface area (Å²) in [5.74, 6) is 2.82. The Morgan fingerprint density at radius 2 is 1.52 bits per heavy atom. The van der Waals surface area contributed by atoms with Gasteiger partial charge in [-0.2, -0.15) is 0 Å². The maximum Gasteiger partial charge on any atom is 0.0543 e. The van der Waals surface area contributed by atoms with Gasteiger partial charge in [0.1, 0.15) is 0 Å². The molecule has 0 amide bonds. The van der Waals surface area contributed by atoms with Crippen LogP contribution in [0.15, 0.2) is 0 Å². The monoisotopic (exact) mass is 294 g/mol. The number of hydrogen-bond donors (Lipinski definition) is 1. The Labute approximate surface area is 132 Å². The zero-order chi connectivity index (χ0) is 14.9. The highest BCUT2D eigenvalue weighted by atomic mass is 16.3. The van der Waals surface area contributed by atoms with E-state index in [2.05, 4.69) is 6.92 Å². The summed E-state index contributed by atoms with van der Waals surface area (Å²) in [5, 5.41) is 9.87. The van der Waals surface area contributed by atoms with Crippen molar-refractivity contribution < 1.29 is 5.11 Å². The van der Waals surface area contributed by atoms with Gasteiger partial charge in [-0.25, -0.2) is 0 Å². The van der Waals surface area contributed by atoms with Gasteiger partial charge in [0.2, 0.25) is 0 Å². The van der Waals surface area contributed by atoms with E-state index >= 15 is 0 Å². The molecule has 2 fully saturated rings. The van der Waals surface area contributed by atoms with Gasteiger partial charge in [-0.05, 0) is 37.0 Å². The molecule has 21 heavy (non-hydrogen) atoms. The van der Waals surface area contributed by atoms with Crippen molar-refractivity contribution in [2.75, 3.05) is 0 Å². The van der Waals surface area contributed by atoms with E-state index in [9.17, 15) is 5.11 Å². The van der Waals surface area contributed by atoms with Crippen LogP contribution in [0.4, 0.5) is 0 Å². The van der Waals surface area contributed by atoms with Crippen LogP contribution in [0, 0.1) is 17.8 Å². The SMILES string of the molecule is CCCCCCCCCCC1CCCC2CC(O)CCC12. The molecule has 1 N–H and O–H groups in total. The summed E-state index contributed by atoms with van der Waals surface area (Å²) in [6.07, 6.45) is 20.8. The molecule has 124 valence electrons. The quantitative estimate of drug-likeness (QED) is 0.510. The first-order chi connectivity index (χ1) is 10.3. The molecule has 0 radical (unpaired) electrons. The minimum Gasteiger partial charge on any atom is -0.393 e. The smallest absolute Gasteiger partial charge is 0.0543 e. The number of fused-ring (bicyclic) bond motifs is 1. The van der Waals surface area contributed by atoms with Crippen molar-refractivity contribution in [2.45, 2.75) is 109 Å². The lowest BCUT2D eigenvalue weighted by atomic mass is 9.64. The molecule has 0 spiro atoms. The van der Waals surface area contributed by atoms with Crippen LogP contribution >= 0.6 is 0 Å². The van der Waals surface area contributed by atoms with Crippen molar-refractivity contribution in [1.29, 1.82) is 0 Å². The summed E-state index contributed by atoms with van der Waals surface area (Å²) < 4.78 is 0. The van der Waals surface area contributed by atoms with Gasteiger partial charge in [0, 0.05) is 0 Å². The molecule has 4 atom stereocenters. The van der Waals surface area contributed by atoms with Gasteiger partial charge in [0.25, 0.3) is 0 Å². The van der Waals surface area contributed by atoms with E-state index in [-0.39, 0.29) is 6.10 Å². The predicted octanol–water partition coefficient (Wildman–Crippen LogP) is 6.09. The van der Waals surface area contributed by atoms with Gasteiger partial charge in [-0.15, -0.1) is 0 Å². The highest BCUT2D eigenvalue weighted by Crippen LogP contribution is 2.45. The van der Waals surface area contributed by atoms with Crippen molar-refractivity contribution in [3.05, 3.63) is 0 Å². The zero-order valence-corrected chi connectivity index (χ0v) is 14.4. The number of hydrogen-bond acceptors (Lipinski definition) is 1. The van der Waals surface area contributed by atoms with Crippen LogP contribution in [-0.2, 0) is 0 Å². The highest BCUT2D eigenvalue weighted by molar-refractivity contribution is 4.87. The average molecular weight is 295 g/mol. The fraction of sp³-hybridized carbons (Fsp3) is 1.00. The molecule has 4 unspecified atom stereocenters. The van der Waals surface area contributed by atoms with Crippen molar-refractivity contribution in [3.63, 3.8) is 0 Å². The Morgan fingerprint density at radius 1 is 0.810 bits per heavy atom. The summed E-state index contributed by atoms with van der Waals surface area (Å²) in [5.41, 5.74) is 0. The number of rotatable bonds is 9. The number of aliphatic hydroxyl groups excluding tert-OH is 1. The second-order valence-corrected chi connectivity index (χ2v) is 7.85. The van der Waals surface area contributed by atoms with Crippen LogP contribution in [0.1, 0.15) is 103 Å². The molecule has 0 aliphatic heterocycles. The third kappa shape index (κ3) is 5.93. The summed E-state index contributed by atoms with van der Waals surface area (Å²) in [4.78, 5) is 0. The van der Waals surface area contributed by atoms with Gasteiger partial charge in [0.15, 0.2) is 0 Å². The van der Waals surface area contributed by atoms with E-state index in [1.54, 1.807) is 0 Å². The highest BCUT2D eigenvalue weighted by Gasteiger charge is 2.36. The van der Waals surface area contributed by atoms with Gasteiger partial charge < -0.3 is 5.11 Å². The molecule has 1 nitrogen and oxygen atoms in total. The largest absolute Gasteiger partial charge is 0.393 e. The second-order valence-electron chi connectivity index (χ2n) is 7.85. The summed E-state index contributed by atoms with van der Waals surface area (Å²) in [6.45, 7) is 2.29. The van der Waals surface area contributed by atoms with E-state index in [0.29, 0.717) is 0 Å². The Hall–Kier alpha value is -0.0400. The lowest BCUT2D eigenvalue weighted by molar-refractivity contribution is 0.0185. The zero-order valence-electron chi connectivity index (χ0n) is 14.4. The van der Waals surface area contributed by atoms with Crippen molar-refractivity contribution >= 4 is 0 Å². The number of unbranched alkanes of at least 4 members (excludes halogenated alkanes) is 7. The Morgan fingerprint density at radius 3 is 2.29 bits per heavy atom. The van der Waals surface area contributed by atoms with Crippen LogP contribution in [0.5, 0.6) is 0 Å². The molecule has 0 heterocycles. The molecular weight excluding hydrogens is 256 g/mol. The molecule has 0 aromatic carbocycles. The van der Waals surface area contributed by atoms with Crippen LogP contribution in [0.3, 0.4) is 0 Å². The maximum absolute atomic E-state index is 9.87. The third-order valence-electron chi connectivity index (χ3n) is 6.20. The Kier molecular flexibility index (Phi) is 8.14. The summed E-state index contributed by atoms with van der Waals surface area (Å²) in [7, 11) is 0.